The van der Waals surface area contributed by atoms with Gasteiger partial charge < -0.3 is 15.0 Å². The lowest BCUT2D eigenvalue weighted by Gasteiger charge is -2.30. The number of nitrogens with zero attached hydrogens (tertiary/aromatic N) is 2. The van der Waals surface area contributed by atoms with Crippen molar-refractivity contribution in [3.05, 3.63) is 29.8 Å². The van der Waals surface area contributed by atoms with Crippen molar-refractivity contribution in [2.24, 2.45) is 17.8 Å². The highest BCUT2D eigenvalue weighted by molar-refractivity contribution is 7.89. The molecule has 8 nitrogen and oxygen atoms in total. The molecule has 5 atom stereocenters. The van der Waals surface area contributed by atoms with Crippen molar-refractivity contribution >= 4 is 22.0 Å². The Hall–Kier alpha value is -2.34. The molecule has 38 heavy (non-hydrogen) atoms. The molecule has 0 radical (unpaired) electrons. The Morgan fingerprint density at radius 2 is 1.82 bits per heavy atom. The third kappa shape index (κ3) is 6.99. The van der Waals surface area contributed by atoms with Gasteiger partial charge in [0.2, 0.25) is 15.9 Å². The molecular weight excluding hydrogens is 523 g/mol. The number of fused-ring (bicyclic) bond motifs is 1. The standard InChI is InChI=1S/C26H38F3N3O5S/c1-16(12-17(2)31(6)24(34)37-25(3,4)5)23(33)30-22-11-10-18-14-32(15-21(18)22)38(35,36)20-9-7-8-19(13-20)26(27,28)29/h7-9,13,16-18,21-22H,10-12,14-15H2,1-6H3,(H,30,33)/t16-,17?,18-,21+,22+/m0/s1. The van der Waals surface area contributed by atoms with Crippen LogP contribution < -0.4 is 5.32 Å². The van der Waals surface area contributed by atoms with Gasteiger partial charge in [0.05, 0.1) is 10.5 Å². The van der Waals surface area contributed by atoms with E-state index >= 15 is 0 Å². The predicted octanol–water partition coefficient (Wildman–Crippen LogP) is 4.50. The number of ether oxygens (including phenoxy) is 1. The topological polar surface area (TPSA) is 96.0 Å². The van der Waals surface area contributed by atoms with E-state index in [0.29, 0.717) is 18.9 Å². The van der Waals surface area contributed by atoms with E-state index in [-0.39, 0.29) is 47.8 Å². The Morgan fingerprint density at radius 1 is 1.16 bits per heavy atom. The number of hydrogen-bond acceptors (Lipinski definition) is 5. The fraction of sp³-hybridized carbons (Fsp3) is 0.692. The average molecular weight is 562 g/mol. The highest BCUT2D eigenvalue weighted by Crippen LogP contribution is 2.41. The van der Waals surface area contributed by atoms with Crippen LogP contribution in [0.3, 0.4) is 0 Å². The summed E-state index contributed by atoms with van der Waals surface area (Å²) in [4.78, 5) is 26.4. The normalized spacial score (nSPS) is 24.0. The Balaban J connectivity index is 1.60. The van der Waals surface area contributed by atoms with Crippen molar-refractivity contribution < 1.29 is 35.9 Å². The van der Waals surface area contributed by atoms with Crippen LogP contribution in [0.1, 0.15) is 59.4 Å². The summed E-state index contributed by atoms with van der Waals surface area (Å²) < 4.78 is 72.2. The SMILES string of the molecule is CC(C[C@H](C)C(=O)N[C@@H]1CC[C@H]2CN(S(=O)(=O)c3cccc(C(F)(F)F)c3)C[C@H]21)N(C)C(=O)OC(C)(C)C. The molecule has 1 unspecified atom stereocenters. The van der Waals surface area contributed by atoms with Gasteiger partial charge in [-0.3, -0.25) is 4.79 Å². The van der Waals surface area contributed by atoms with Crippen LogP contribution in [0.15, 0.2) is 29.2 Å². The molecule has 1 aliphatic heterocycles. The predicted molar refractivity (Wildman–Crippen MR) is 136 cm³/mol. The highest BCUT2D eigenvalue weighted by Gasteiger charge is 2.47. The third-order valence-electron chi connectivity index (χ3n) is 7.44. The third-order valence-corrected chi connectivity index (χ3v) is 9.26. The van der Waals surface area contributed by atoms with E-state index in [9.17, 15) is 31.2 Å². The summed E-state index contributed by atoms with van der Waals surface area (Å²) in [5, 5.41) is 3.06. The molecule has 2 aliphatic rings. The molecule has 1 saturated carbocycles. The molecule has 2 amide bonds. The average Bonchev–Trinajstić information content (AvgIpc) is 3.39. The van der Waals surface area contributed by atoms with Crippen molar-refractivity contribution in [2.75, 3.05) is 20.1 Å². The number of amides is 2. The van der Waals surface area contributed by atoms with Gasteiger partial charge in [0.1, 0.15) is 5.60 Å². The molecule has 12 heteroatoms. The van der Waals surface area contributed by atoms with Crippen LogP contribution in [0.4, 0.5) is 18.0 Å². The summed E-state index contributed by atoms with van der Waals surface area (Å²) in [5.74, 6) is -0.679. The first kappa shape index (κ1) is 30.2. The highest BCUT2D eigenvalue weighted by atomic mass is 32.2. The first-order valence-electron chi connectivity index (χ1n) is 12.8. The maximum absolute atomic E-state index is 13.1. The van der Waals surface area contributed by atoms with Crippen LogP contribution in [0, 0.1) is 17.8 Å². The Kier molecular flexibility index (Phi) is 8.77. The van der Waals surface area contributed by atoms with Crippen LogP contribution in [-0.4, -0.2) is 67.4 Å². The number of carbonyl (C=O) groups is 2. The molecular formula is C26H38F3N3O5S. The molecule has 0 aromatic heterocycles. The summed E-state index contributed by atoms with van der Waals surface area (Å²) in [6.45, 7) is 9.31. The van der Waals surface area contributed by atoms with E-state index in [1.807, 2.05) is 6.92 Å². The Bertz CT molecular complexity index is 1140. The Labute approximate surface area is 222 Å². The smallest absolute Gasteiger partial charge is 0.416 e. The van der Waals surface area contributed by atoms with E-state index in [2.05, 4.69) is 5.32 Å². The van der Waals surface area contributed by atoms with Gasteiger partial charge in [-0.2, -0.15) is 17.5 Å². The minimum Gasteiger partial charge on any atom is -0.444 e. The molecule has 1 aliphatic carbocycles. The van der Waals surface area contributed by atoms with Gasteiger partial charge in [-0.15, -0.1) is 0 Å². The zero-order valence-corrected chi connectivity index (χ0v) is 23.5. The first-order chi connectivity index (χ1) is 17.4. The number of carbonyl (C=O) groups excluding carboxylic acids is 2. The molecule has 1 heterocycles. The summed E-state index contributed by atoms with van der Waals surface area (Å²) >= 11 is 0. The van der Waals surface area contributed by atoms with Gasteiger partial charge in [0, 0.05) is 38.1 Å². The molecule has 0 bridgehead atoms. The second-order valence-corrected chi connectivity index (χ2v) is 13.5. The van der Waals surface area contributed by atoms with Crippen LogP contribution in [0.5, 0.6) is 0 Å². The van der Waals surface area contributed by atoms with Gasteiger partial charge in [-0.05, 0) is 77.0 Å². The summed E-state index contributed by atoms with van der Waals surface area (Å²) in [5.41, 5.74) is -1.64. The first-order valence-corrected chi connectivity index (χ1v) is 14.3. The lowest BCUT2D eigenvalue weighted by atomic mass is 9.96. The molecule has 1 aromatic carbocycles. The van der Waals surface area contributed by atoms with E-state index < -0.39 is 39.4 Å². The fourth-order valence-electron chi connectivity index (χ4n) is 5.20. The molecule has 214 valence electrons. The van der Waals surface area contributed by atoms with E-state index in [1.165, 1.54) is 15.3 Å². The number of hydrogen-bond donors (Lipinski definition) is 1. The van der Waals surface area contributed by atoms with Crippen LogP contribution in [-0.2, 0) is 25.7 Å². The van der Waals surface area contributed by atoms with Crippen molar-refractivity contribution in [3.63, 3.8) is 0 Å². The van der Waals surface area contributed by atoms with E-state index in [0.717, 1.165) is 18.6 Å². The monoisotopic (exact) mass is 561 g/mol. The summed E-state index contributed by atoms with van der Waals surface area (Å²) in [6.07, 6.45) is -3.27. The zero-order chi connectivity index (χ0) is 28.6. The van der Waals surface area contributed by atoms with Crippen molar-refractivity contribution in [1.82, 2.24) is 14.5 Å². The van der Waals surface area contributed by atoms with Crippen LogP contribution in [0.25, 0.3) is 0 Å². The van der Waals surface area contributed by atoms with Gasteiger partial charge >= 0.3 is 12.3 Å². The number of nitrogens with one attached hydrogen (secondary N) is 1. The fourth-order valence-corrected chi connectivity index (χ4v) is 6.78. The number of halogens is 3. The van der Waals surface area contributed by atoms with Gasteiger partial charge in [0.25, 0.3) is 0 Å². The molecule has 1 N–H and O–H groups in total. The largest absolute Gasteiger partial charge is 0.444 e. The van der Waals surface area contributed by atoms with E-state index in [1.54, 1.807) is 34.7 Å². The van der Waals surface area contributed by atoms with Crippen molar-refractivity contribution in [2.45, 2.75) is 82.6 Å². The zero-order valence-electron chi connectivity index (χ0n) is 22.7. The molecule has 2 fully saturated rings. The molecule has 0 spiro atoms. The quantitative estimate of drug-likeness (QED) is 0.529. The van der Waals surface area contributed by atoms with Gasteiger partial charge in [-0.25, -0.2) is 13.2 Å². The summed E-state index contributed by atoms with van der Waals surface area (Å²) in [6, 6.07) is 3.31. The second-order valence-electron chi connectivity index (χ2n) is 11.5. The minimum absolute atomic E-state index is 0.0217. The summed E-state index contributed by atoms with van der Waals surface area (Å²) in [7, 11) is -2.48. The number of alkyl halides is 3. The van der Waals surface area contributed by atoms with E-state index in [4.69, 9.17) is 4.74 Å². The molecule has 1 saturated heterocycles. The second kappa shape index (κ2) is 11.0. The number of rotatable bonds is 7. The number of benzene rings is 1. The van der Waals surface area contributed by atoms with Crippen molar-refractivity contribution in [1.29, 1.82) is 0 Å². The minimum atomic E-state index is -4.64. The molecule has 3 rings (SSSR count). The number of sulfonamides is 1. The Morgan fingerprint density at radius 3 is 2.42 bits per heavy atom. The van der Waals surface area contributed by atoms with Crippen molar-refractivity contribution in [3.8, 4) is 0 Å². The molecule has 1 aromatic rings. The maximum atomic E-state index is 13.1. The lowest BCUT2D eigenvalue weighted by Crippen LogP contribution is -2.45. The maximum Gasteiger partial charge on any atom is 0.416 e. The van der Waals surface area contributed by atoms with Gasteiger partial charge in [-0.1, -0.05) is 13.0 Å². The lowest BCUT2D eigenvalue weighted by molar-refractivity contribution is -0.137. The van der Waals surface area contributed by atoms with Gasteiger partial charge in [0.15, 0.2) is 0 Å². The van der Waals surface area contributed by atoms with Crippen LogP contribution >= 0.6 is 0 Å². The van der Waals surface area contributed by atoms with Crippen LogP contribution in [0.2, 0.25) is 0 Å².